The Labute approximate surface area is 144 Å². The topological polar surface area (TPSA) is 42.4 Å². The van der Waals surface area contributed by atoms with Gasteiger partial charge in [0.15, 0.2) is 0 Å². The molecule has 24 heavy (non-hydrogen) atoms. The van der Waals surface area contributed by atoms with Crippen LogP contribution in [0.25, 0.3) is 0 Å². The van der Waals surface area contributed by atoms with E-state index in [1.54, 1.807) is 6.20 Å². The first-order chi connectivity index (χ1) is 11.4. The summed E-state index contributed by atoms with van der Waals surface area (Å²) in [5, 5.41) is 11.7. The van der Waals surface area contributed by atoms with E-state index in [1.165, 1.54) is 5.56 Å². The Bertz CT molecular complexity index is 711. The first-order valence-corrected chi connectivity index (χ1v) is 8.77. The molecule has 0 saturated heterocycles. The maximum absolute atomic E-state index is 11.7. The highest BCUT2D eigenvalue weighted by atomic mass is 16.5. The minimum Gasteiger partial charge on any atom is -0.493 e. The molecule has 2 unspecified atom stereocenters. The van der Waals surface area contributed by atoms with E-state index in [4.69, 9.17) is 4.74 Å². The summed E-state index contributed by atoms with van der Waals surface area (Å²) in [5.74, 6) is 1.21. The molecule has 1 aliphatic heterocycles. The van der Waals surface area contributed by atoms with Crippen LogP contribution < -0.4 is 4.74 Å². The average Bonchev–Trinajstić information content (AvgIpc) is 2.69. The van der Waals surface area contributed by atoms with Gasteiger partial charge in [-0.3, -0.25) is 4.98 Å². The van der Waals surface area contributed by atoms with Crippen molar-refractivity contribution in [1.29, 1.82) is 0 Å². The van der Waals surface area contributed by atoms with Crippen LogP contribution in [0.5, 0.6) is 5.75 Å². The maximum atomic E-state index is 11.7. The lowest BCUT2D eigenvalue weighted by atomic mass is 9.75. The van der Waals surface area contributed by atoms with Gasteiger partial charge >= 0.3 is 0 Å². The molecule has 0 radical (unpaired) electrons. The van der Waals surface area contributed by atoms with Crippen LogP contribution in [0.2, 0.25) is 0 Å². The third kappa shape index (κ3) is 3.05. The molecule has 3 nitrogen and oxygen atoms in total. The van der Waals surface area contributed by atoms with Crippen molar-refractivity contribution in [3.63, 3.8) is 0 Å². The predicted molar refractivity (Wildman–Crippen MR) is 96.3 cm³/mol. The van der Waals surface area contributed by atoms with Crippen LogP contribution in [0.15, 0.2) is 42.6 Å². The number of pyridine rings is 1. The van der Waals surface area contributed by atoms with Crippen molar-refractivity contribution in [2.24, 2.45) is 5.41 Å². The summed E-state index contributed by atoms with van der Waals surface area (Å²) >= 11 is 0. The van der Waals surface area contributed by atoms with Gasteiger partial charge in [-0.1, -0.05) is 39.8 Å². The van der Waals surface area contributed by atoms with Gasteiger partial charge in [0.1, 0.15) is 11.4 Å². The molecule has 2 aromatic rings. The van der Waals surface area contributed by atoms with Crippen molar-refractivity contribution >= 4 is 0 Å². The fourth-order valence-corrected chi connectivity index (χ4v) is 3.49. The summed E-state index contributed by atoms with van der Waals surface area (Å²) in [4.78, 5) is 4.47. The van der Waals surface area contributed by atoms with Crippen LogP contribution in [0.4, 0.5) is 0 Å². The molecule has 1 aromatic heterocycles. The number of hydrogen-bond donors (Lipinski definition) is 1. The Balaban J connectivity index is 2.19. The summed E-state index contributed by atoms with van der Waals surface area (Å²) in [6.07, 6.45) is 3.38. The number of nitrogens with zero attached hydrogens (tertiary/aromatic N) is 1. The standard InChI is InChI=1S/C21H27NO2/c1-5-15(2)16-9-10-18-17(12-16)21(23,13-20(3,4)14-24-18)19-8-6-7-11-22-19/h6-12,15,23H,5,13-14H2,1-4H3. The van der Waals surface area contributed by atoms with Gasteiger partial charge in [-0.25, -0.2) is 0 Å². The lowest BCUT2D eigenvalue weighted by Crippen LogP contribution is -2.34. The van der Waals surface area contributed by atoms with E-state index >= 15 is 0 Å². The molecule has 3 heteroatoms. The molecule has 1 N–H and O–H groups in total. The zero-order chi connectivity index (χ0) is 17.4. The first-order valence-electron chi connectivity index (χ1n) is 8.77. The number of benzene rings is 1. The van der Waals surface area contributed by atoms with E-state index in [0.29, 0.717) is 24.6 Å². The highest BCUT2D eigenvalue weighted by Crippen LogP contribution is 2.46. The van der Waals surface area contributed by atoms with Gasteiger partial charge in [0.2, 0.25) is 0 Å². The van der Waals surface area contributed by atoms with E-state index in [1.807, 2.05) is 24.3 Å². The molecule has 2 atom stereocenters. The van der Waals surface area contributed by atoms with E-state index in [0.717, 1.165) is 17.7 Å². The van der Waals surface area contributed by atoms with Crippen molar-refractivity contribution in [3.8, 4) is 5.75 Å². The number of fused-ring (bicyclic) bond motifs is 1. The van der Waals surface area contributed by atoms with Gasteiger partial charge in [0.25, 0.3) is 0 Å². The van der Waals surface area contributed by atoms with Crippen molar-refractivity contribution in [2.45, 2.75) is 52.1 Å². The predicted octanol–water partition coefficient (Wildman–Crippen LogP) is 4.64. The summed E-state index contributed by atoms with van der Waals surface area (Å²) in [5.41, 5.74) is 1.46. The van der Waals surface area contributed by atoms with Gasteiger partial charge < -0.3 is 9.84 Å². The Hall–Kier alpha value is -1.87. The SMILES string of the molecule is CCC(C)c1ccc2c(c1)C(O)(c1ccccn1)CC(C)(C)CO2. The minimum atomic E-state index is -1.14. The third-order valence-electron chi connectivity index (χ3n) is 5.07. The van der Waals surface area contributed by atoms with E-state index in [-0.39, 0.29) is 5.41 Å². The molecular weight excluding hydrogens is 298 g/mol. The van der Waals surface area contributed by atoms with Crippen LogP contribution in [-0.4, -0.2) is 16.7 Å². The maximum Gasteiger partial charge on any atom is 0.136 e. The first kappa shape index (κ1) is 17.0. The lowest BCUT2D eigenvalue weighted by Gasteiger charge is -2.33. The fourth-order valence-electron chi connectivity index (χ4n) is 3.49. The molecule has 1 aliphatic rings. The van der Waals surface area contributed by atoms with E-state index in [2.05, 4.69) is 44.8 Å². The van der Waals surface area contributed by atoms with Crippen molar-refractivity contribution in [2.75, 3.05) is 6.61 Å². The molecule has 0 spiro atoms. The monoisotopic (exact) mass is 325 g/mol. The van der Waals surface area contributed by atoms with Gasteiger partial charge in [-0.15, -0.1) is 0 Å². The second-order valence-electron chi connectivity index (χ2n) is 7.77. The zero-order valence-electron chi connectivity index (χ0n) is 15.0. The lowest BCUT2D eigenvalue weighted by molar-refractivity contribution is 0.0265. The molecule has 0 aliphatic carbocycles. The number of hydrogen-bond acceptors (Lipinski definition) is 3. The molecule has 0 amide bonds. The highest BCUT2D eigenvalue weighted by molar-refractivity contribution is 5.47. The fraction of sp³-hybridized carbons (Fsp3) is 0.476. The van der Waals surface area contributed by atoms with Crippen LogP contribution in [0.1, 0.15) is 63.3 Å². The quantitative estimate of drug-likeness (QED) is 0.894. The van der Waals surface area contributed by atoms with Crippen LogP contribution in [0.3, 0.4) is 0 Å². The number of aliphatic hydroxyl groups is 1. The Kier molecular flexibility index (Phi) is 4.39. The van der Waals surface area contributed by atoms with Crippen molar-refractivity contribution < 1.29 is 9.84 Å². The van der Waals surface area contributed by atoms with Crippen molar-refractivity contribution in [1.82, 2.24) is 4.98 Å². The zero-order valence-corrected chi connectivity index (χ0v) is 15.0. The second kappa shape index (κ2) is 6.21. The molecule has 2 heterocycles. The third-order valence-corrected chi connectivity index (χ3v) is 5.07. The molecular formula is C21H27NO2. The largest absolute Gasteiger partial charge is 0.493 e. The molecule has 0 saturated carbocycles. The number of aromatic nitrogens is 1. The Morgan fingerprint density at radius 3 is 2.71 bits per heavy atom. The second-order valence-corrected chi connectivity index (χ2v) is 7.77. The van der Waals surface area contributed by atoms with Gasteiger partial charge in [0, 0.05) is 17.2 Å². The highest BCUT2D eigenvalue weighted by Gasteiger charge is 2.43. The summed E-state index contributed by atoms with van der Waals surface area (Å²) < 4.78 is 6.06. The summed E-state index contributed by atoms with van der Waals surface area (Å²) in [6, 6.07) is 11.9. The smallest absolute Gasteiger partial charge is 0.136 e. The van der Waals surface area contributed by atoms with Gasteiger partial charge in [-0.2, -0.15) is 0 Å². The Morgan fingerprint density at radius 1 is 1.25 bits per heavy atom. The normalized spacial score (nSPS) is 23.7. The molecule has 0 fully saturated rings. The van der Waals surface area contributed by atoms with Crippen molar-refractivity contribution in [3.05, 3.63) is 59.4 Å². The Morgan fingerprint density at radius 2 is 2.04 bits per heavy atom. The molecule has 0 bridgehead atoms. The summed E-state index contributed by atoms with van der Waals surface area (Å²) in [6.45, 7) is 9.23. The molecule has 128 valence electrons. The molecule has 1 aromatic carbocycles. The van der Waals surface area contributed by atoms with E-state index < -0.39 is 5.60 Å². The molecule has 3 rings (SSSR count). The van der Waals surface area contributed by atoms with Crippen LogP contribution in [0, 0.1) is 5.41 Å². The minimum absolute atomic E-state index is 0.151. The average molecular weight is 325 g/mol. The van der Waals surface area contributed by atoms with E-state index in [9.17, 15) is 5.11 Å². The van der Waals surface area contributed by atoms with Gasteiger partial charge in [0.05, 0.1) is 12.3 Å². The number of ether oxygens (including phenoxy) is 1. The van der Waals surface area contributed by atoms with Crippen LogP contribution >= 0.6 is 0 Å². The van der Waals surface area contributed by atoms with Crippen LogP contribution in [-0.2, 0) is 5.60 Å². The number of rotatable bonds is 3. The van der Waals surface area contributed by atoms with Gasteiger partial charge in [-0.05, 0) is 48.6 Å². The summed E-state index contributed by atoms with van der Waals surface area (Å²) in [7, 11) is 0.